The number of aliphatic carboxylic acids is 1. The van der Waals surface area contributed by atoms with Crippen molar-refractivity contribution in [3.8, 4) is 0 Å². The minimum absolute atomic E-state index is 0.0938. The number of hydrogen-bond acceptors (Lipinski definition) is 2. The smallest absolute Gasteiger partial charge is 0.330 e. The van der Waals surface area contributed by atoms with Gasteiger partial charge in [-0.2, -0.15) is 0 Å². The molecule has 3 nitrogen and oxygen atoms in total. The van der Waals surface area contributed by atoms with Gasteiger partial charge in [-0.1, -0.05) is 46.6 Å². The summed E-state index contributed by atoms with van der Waals surface area (Å²) in [5.74, 6) is 3.12. The van der Waals surface area contributed by atoms with E-state index >= 15 is 0 Å². The van der Waals surface area contributed by atoms with Gasteiger partial charge in [-0.05, 0) is 104 Å². The van der Waals surface area contributed by atoms with E-state index in [1.165, 1.54) is 51.4 Å². The van der Waals surface area contributed by atoms with Crippen LogP contribution in [0.5, 0.6) is 0 Å². The predicted molar refractivity (Wildman–Crippen MR) is 121 cm³/mol. The van der Waals surface area contributed by atoms with Crippen molar-refractivity contribution in [1.82, 2.24) is 0 Å². The van der Waals surface area contributed by atoms with Crippen LogP contribution < -0.4 is 0 Å². The SMILES string of the molecule is C=C(CCCC(C)[C@H]1CC[C@H]2[C@@H]3[C@H](O)CC4CCCC[C@]4(C)[C@H]3CC[C@]12C)C(=O)O. The number of rotatable bonds is 6. The molecule has 0 saturated heterocycles. The van der Waals surface area contributed by atoms with Crippen LogP contribution in [0.15, 0.2) is 12.2 Å². The molecule has 2 N–H and O–H groups in total. The first-order valence-electron chi connectivity index (χ1n) is 12.8. The zero-order valence-corrected chi connectivity index (χ0v) is 19.5. The molecule has 4 fully saturated rings. The van der Waals surface area contributed by atoms with Crippen molar-refractivity contribution in [2.45, 2.75) is 104 Å². The largest absolute Gasteiger partial charge is 0.478 e. The Labute approximate surface area is 183 Å². The van der Waals surface area contributed by atoms with Crippen LogP contribution in [-0.2, 0) is 4.79 Å². The molecule has 0 spiro atoms. The Kier molecular flexibility index (Phi) is 6.16. The Morgan fingerprint density at radius 1 is 1.07 bits per heavy atom. The summed E-state index contributed by atoms with van der Waals surface area (Å²) in [6.07, 6.45) is 14.2. The van der Waals surface area contributed by atoms with Crippen LogP contribution in [0.1, 0.15) is 97.8 Å². The van der Waals surface area contributed by atoms with Crippen molar-refractivity contribution in [2.75, 3.05) is 0 Å². The lowest BCUT2D eigenvalue weighted by Gasteiger charge is -2.62. The summed E-state index contributed by atoms with van der Waals surface area (Å²) in [4.78, 5) is 11.0. The molecule has 0 radical (unpaired) electrons. The molecule has 0 heterocycles. The van der Waals surface area contributed by atoms with Gasteiger partial charge in [0.2, 0.25) is 0 Å². The minimum atomic E-state index is -0.852. The van der Waals surface area contributed by atoms with E-state index in [1.54, 1.807) is 0 Å². The lowest BCUT2D eigenvalue weighted by atomic mass is 9.44. The fraction of sp³-hybridized carbons (Fsp3) is 0.889. The third kappa shape index (κ3) is 3.57. The number of aliphatic hydroxyl groups excluding tert-OH is 1. The molecule has 4 saturated carbocycles. The topological polar surface area (TPSA) is 57.5 Å². The second-order valence-corrected chi connectivity index (χ2v) is 12.0. The highest BCUT2D eigenvalue weighted by atomic mass is 16.4. The third-order valence-electron chi connectivity index (χ3n) is 10.8. The van der Waals surface area contributed by atoms with E-state index in [9.17, 15) is 9.90 Å². The van der Waals surface area contributed by atoms with Crippen LogP contribution >= 0.6 is 0 Å². The van der Waals surface area contributed by atoms with Crippen molar-refractivity contribution >= 4 is 5.97 Å². The molecule has 0 bridgehead atoms. The Hall–Kier alpha value is -0.830. The van der Waals surface area contributed by atoms with Crippen molar-refractivity contribution in [3.05, 3.63) is 12.2 Å². The fourth-order valence-corrected chi connectivity index (χ4v) is 9.18. The summed E-state index contributed by atoms with van der Waals surface area (Å²) in [5, 5.41) is 20.4. The van der Waals surface area contributed by atoms with Crippen LogP contribution in [0.3, 0.4) is 0 Å². The van der Waals surface area contributed by atoms with Gasteiger partial charge in [0.1, 0.15) is 0 Å². The molecule has 0 aliphatic heterocycles. The second-order valence-electron chi connectivity index (χ2n) is 12.0. The first-order valence-corrected chi connectivity index (χ1v) is 12.8. The van der Waals surface area contributed by atoms with Gasteiger partial charge < -0.3 is 10.2 Å². The summed E-state index contributed by atoms with van der Waals surface area (Å²) in [6, 6.07) is 0. The van der Waals surface area contributed by atoms with Crippen LogP contribution in [-0.4, -0.2) is 22.3 Å². The van der Waals surface area contributed by atoms with E-state index in [0.29, 0.717) is 46.5 Å². The summed E-state index contributed by atoms with van der Waals surface area (Å²) in [7, 11) is 0. The Morgan fingerprint density at radius 3 is 2.53 bits per heavy atom. The van der Waals surface area contributed by atoms with E-state index in [2.05, 4.69) is 27.4 Å². The van der Waals surface area contributed by atoms with Gasteiger partial charge in [-0.15, -0.1) is 0 Å². The molecule has 4 aliphatic rings. The summed E-state index contributed by atoms with van der Waals surface area (Å²) in [6.45, 7) is 11.2. The lowest BCUT2D eigenvalue weighted by Crippen LogP contribution is -2.57. The van der Waals surface area contributed by atoms with Gasteiger partial charge in [-0.3, -0.25) is 0 Å². The standard InChI is InChI=1S/C27H44O3/c1-17(8-7-9-18(2)25(29)30)20-11-12-21-24-22(13-15-27(20,21)4)26(3)14-6-5-10-19(26)16-23(24)28/h17,19-24,28H,2,5-16H2,1,3-4H3,(H,29,30)/t17?,19?,20-,21+,22+,23-,24+,26+,27-/m1/s1. The molecular weight excluding hydrogens is 372 g/mol. The summed E-state index contributed by atoms with van der Waals surface area (Å²) < 4.78 is 0. The van der Waals surface area contributed by atoms with E-state index < -0.39 is 5.97 Å². The average molecular weight is 417 g/mol. The van der Waals surface area contributed by atoms with Gasteiger partial charge in [0, 0.05) is 5.57 Å². The summed E-state index contributed by atoms with van der Waals surface area (Å²) in [5.41, 5.74) is 1.16. The molecule has 0 aromatic carbocycles. The first kappa shape index (κ1) is 22.4. The molecule has 4 rings (SSSR count). The molecule has 30 heavy (non-hydrogen) atoms. The molecule has 3 heteroatoms. The van der Waals surface area contributed by atoms with Gasteiger partial charge in [0.05, 0.1) is 6.10 Å². The highest BCUT2D eigenvalue weighted by Gasteiger charge is 2.62. The maximum absolute atomic E-state index is 11.3. The first-order chi connectivity index (χ1) is 14.2. The number of fused-ring (bicyclic) bond motifs is 5. The van der Waals surface area contributed by atoms with Gasteiger partial charge in [0.15, 0.2) is 0 Å². The van der Waals surface area contributed by atoms with Crippen molar-refractivity contribution in [2.24, 2.45) is 46.3 Å². The average Bonchev–Trinajstić information content (AvgIpc) is 3.05. The Morgan fingerprint density at radius 2 is 1.80 bits per heavy atom. The van der Waals surface area contributed by atoms with Crippen molar-refractivity contribution in [3.63, 3.8) is 0 Å². The van der Waals surface area contributed by atoms with E-state index in [1.807, 2.05) is 0 Å². The van der Waals surface area contributed by atoms with Crippen molar-refractivity contribution < 1.29 is 15.0 Å². The quantitative estimate of drug-likeness (QED) is 0.489. The number of aliphatic hydroxyl groups is 1. The lowest BCUT2D eigenvalue weighted by molar-refractivity contribution is -0.164. The molecule has 0 aromatic rings. The Bertz CT molecular complexity index is 671. The van der Waals surface area contributed by atoms with Crippen LogP contribution in [0.2, 0.25) is 0 Å². The molecular formula is C27H44O3. The van der Waals surface area contributed by atoms with E-state index in [4.69, 9.17) is 5.11 Å². The molecule has 9 atom stereocenters. The second kappa shape index (κ2) is 8.26. The van der Waals surface area contributed by atoms with Crippen molar-refractivity contribution in [1.29, 1.82) is 0 Å². The summed E-state index contributed by atoms with van der Waals surface area (Å²) >= 11 is 0. The number of carboxylic acids is 1. The number of carboxylic acid groups (broad SMARTS) is 1. The van der Waals surface area contributed by atoms with Crippen LogP contribution in [0.4, 0.5) is 0 Å². The molecule has 4 aliphatic carbocycles. The molecule has 0 amide bonds. The molecule has 2 unspecified atom stereocenters. The van der Waals surface area contributed by atoms with Crippen LogP contribution in [0.25, 0.3) is 0 Å². The maximum atomic E-state index is 11.3. The van der Waals surface area contributed by atoms with E-state index in [0.717, 1.165) is 31.1 Å². The predicted octanol–water partition coefficient (Wildman–Crippen LogP) is 6.45. The zero-order chi connectivity index (χ0) is 21.7. The van der Waals surface area contributed by atoms with Gasteiger partial charge in [0.25, 0.3) is 0 Å². The molecule has 0 aromatic heterocycles. The Balaban J connectivity index is 1.46. The number of hydrogen-bond donors (Lipinski definition) is 2. The number of carbonyl (C=O) groups is 1. The zero-order valence-electron chi connectivity index (χ0n) is 19.5. The van der Waals surface area contributed by atoms with Gasteiger partial charge >= 0.3 is 5.97 Å². The fourth-order valence-electron chi connectivity index (χ4n) is 9.18. The molecule has 170 valence electrons. The minimum Gasteiger partial charge on any atom is -0.478 e. The maximum Gasteiger partial charge on any atom is 0.330 e. The monoisotopic (exact) mass is 416 g/mol. The third-order valence-corrected chi connectivity index (χ3v) is 10.8. The van der Waals surface area contributed by atoms with E-state index in [-0.39, 0.29) is 6.10 Å². The highest BCUT2D eigenvalue weighted by molar-refractivity contribution is 5.85. The van der Waals surface area contributed by atoms with Crippen LogP contribution in [0, 0.1) is 46.3 Å². The van der Waals surface area contributed by atoms with Gasteiger partial charge in [-0.25, -0.2) is 4.79 Å². The normalized spacial score (nSPS) is 46.4. The highest BCUT2D eigenvalue weighted by Crippen LogP contribution is 2.68.